The Morgan fingerprint density at radius 3 is 2.32 bits per heavy atom. The highest BCUT2D eigenvalue weighted by molar-refractivity contribution is 8.18. The Labute approximate surface area is 126 Å². The molecule has 0 bridgehead atoms. The highest BCUT2D eigenvalue weighted by Crippen LogP contribution is 2.33. The molecule has 0 aliphatic carbocycles. The lowest BCUT2D eigenvalue weighted by Gasteiger charge is -2.08. The van der Waals surface area contributed by atoms with Crippen LogP contribution in [-0.4, -0.2) is 33.7 Å². The summed E-state index contributed by atoms with van der Waals surface area (Å²) >= 11 is 0.541. The number of rotatable bonds is 3. The lowest BCUT2D eigenvalue weighted by Crippen LogP contribution is -2.33. The van der Waals surface area contributed by atoms with E-state index in [9.17, 15) is 27.6 Å². The van der Waals surface area contributed by atoms with Crippen molar-refractivity contribution in [1.29, 1.82) is 0 Å². The first-order chi connectivity index (χ1) is 10.2. The smallest absolute Gasteiger partial charge is 0.416 e. The number of hydrogen-bond acceptors (Lipinski definition) is 4. The predicted molar refractivity (Wildman–Crippen MR) is 71.8 cm³/mol. The standard InChI is InChI=1S/C13H8F3NO4S/c14-13(15,16)8-3-1-7(2-4-8)5-9-11(20)17(6-10(18)19)12(21)22-9/h1-5H,6H2,(H,18,19)/b9-5+. The second-order valence-electron chi connectivity index (χ2n) is 4.28. The molecule has 1 saturated heterocycles. The highest BCUT2D eigenvalue weighted by Gasteiger charge is 2.36. The zero-order valence-corrected chi connectivity index (χ0v) is 11.6. The largest absolute Gasteiger partial charge is 0.480 e. The number of carboxylic acids is 1. The fourth-order valence-corrected chi connectivity index (χ4v) is 2.53. The third-order valence-corrected chi connectivity index (χ3v) is 3.61. The van der Waals surface area contributed by atoms with Crippen molar-refractivity contribution in [3.05, 3.63) is 40.3 Å². The van der Waals surface area contributed by atoms with Crippen molar-refractivity contribution in [2.24, 2.45) is 0 Å². The van der Waals surface area contributed by atoms with Gasteiger partial charge >= 0.3 is 12.1 Å². The molecular weight excluding hydrogens is 323 g/mol. The molecule has 5 nitrogen and oxygen atoms in total. The molecule has 0 spiro atoms. The molecule has 9 heteroatoms. The van der Waals surface area contributed by atoms with Gasteiger partial charge in [0.2, 0.25) is 0 Å². The molecule has 1 aliphatic heterocycles. The Kier molecular flexibility index (Phi) is 4.27. The van der Waals surface area contributed by atoms with E-state index in [1.807, 2.05) is 0 Å². The number of alkyl halides is 3. The van der Waals surface area contributed by atoms with Crippen molar-refractivity contribution >= 4 is 35.0 Å². The molecule has 0 unspecified atom stereocenters. The van der Waals surface area contributed by atoms with E-state index in [0.717, 1.165) is 24.3 Å². The minimum absolute atomic E-state index is 0.0361. The molecule has 22 heavy (non-hydrogen) atoms. The van der Waals surface area contributed by atoms with Crippen LogP contribution in [0, 0.1) is 0 Å². The van der Waals surface area contributed by atoms with Crippen molar-refractivity contribution in [2.75, 3.05) is 6.54 Å². The molecule has 1 fully saturated rings. The summed E-state index contributed by atoms with van der Waals surface area (Å²) in [4.78, 5) is 34.5. The van der Waals surface area contributed by atoms with Crippen LogP contribution in [0.15, 0.2) is 29.2 Å². The molecule has 2 rings (SSSR count). The van der Waals surface area contributed by atoms with Crippen LogP contribution in [0.5, 0.6) is 0 Å². The van der Waals surface area contributed by atoms with Crippen molar-refractivity contribution < 1.29 is 32.7 Å². The van der Waals surface area contributed by atoms with Gasteiger partial charge in [0.15, 0.2) is 0 Å². The molecule has 0 saturated carbocycles. The van der Waals surface area contributed by atoms with Crippen LogP contribution in [0.25, 0.3) is 6.08 Å². The summed E-state index contributed by atoms with van der Waals surface area (Å²) in [5, 5.41) is 7.88. The van der Waals surface area contributed by atoms with E-state index in [1.165, 1.54) is 6.08 Å². The lowest BCUT2D eigenvalue weighted by atomic mass is 10.1. The predicted octanol–water partition coefficient (Wildman–Crippen LogP) is 2.83. The third-order valence-electron chi connectivity index (χ3n) is 2.70. The summed E-state index contributed by atoms with van der Waals surface area (Å²) in [6.07, 6.45) is -3.22. The van der Waals surface area contributed by atoms with Crippen LogP contribution in [0.4, 0.5) is 18.0 Å². The number of thioether (sulfide) groups is 1. The quantitative estimate of drug-likeness (QED) is 0.862. The van der Waals surface area contributed by atoms with Crippen molar-refractivity contribution in [3.8, 4) is 0 Å². The number of carbonyl (C=O) groups is 3. The van der Waals surface area contributed by atoms with E-state index < -0.39 is 35.4 Å². The highest BCUT2D eigenvalue weighted by atomic mass is 32.2. The number of halogens is 3. The maximum absolute atomic E-state index is 12.4. The third kappa shape index (κ3) is 3.48. The van der Waals surface area contributed by atoms with Crippen LogP contribution >= 0.6 is 11.8 Å². The molecule has 0 atom stereocenters. The zero-order chi connectivity index (χ0) is 16.5. The van der Waals surface area contributed by atoms with Crippen LogP contribution in [0.3, 0.4) is 0 Å². The molecule has 1 aromatic carbocycles. The summed E-state index contributed by atoms with van der Waals surface area (Å²) < 4.78 is 37.3. The fraction of sp³-hybridized carbons (Fsp3) is 0.154. The van der Waals surface area contributed by atoms with Gasteiger partial charge in [0.05, 0.1) is 10.5 Å². The summed E-state index contributed by atoms with van der Waals surface area (Å²) in [6, 6.07) is 4.03. The minimum atomic E-state index is -4.46. The summed E-state index contributed by atoms with van der Waals surface area (Å²) in [7, 11) is 0. The SMILES string of the molecule is O=C(O)CN1C(=O)S/C(=C/c2ccc(C(F)(F)F)cc2)C1=O. The fourth-order valence-electron chi connectivity index (χ4n) is 1.69. The average Bonchev–Trinajstić information content (AvgIpc) is 2.66. The molecule has 0 aromatic heterocycles. The van der Waals surface area contributed by atoms with E-state index in [0.29, 0.717) is 22.2 Å². The molecule has 1 aromatic rings. The number of benzene rings is 1. The molecule has 116 valence electrons. The second kappa shape index (κ2) is 5.84. The van der Waals surface area contributed by atoms with Gasteiger partial charge in [-0.3, -0.25) is 19.3 Å². The first kappa shape index (κ1) is 16.1. The van der Waals surface area contributed by atoms with Gasteiger partial charge in [-0.05, 0) is 35.5 Å². The van der Waals surface area contributed by atoms with E-state index in [1.54, 1.807) is 0 Å². The topological polar surface area (TPSA) is 74.7 Å². The van der Waals surface area contributed by atoms with Gasteiger partial charge in [0.1, 0.15) is 6.54 Å². The maximum Gasteiger partial charge on any atom is 0.416 e. The van der Waals surface area contributed by atoms with Gasteiger partial charge in [0.25, 0.3) is 11.1 Å². The Hall–Kier alpha value is -2.29. The zero-order valence-electron chi connectivity index (χ0n) is 10.8. The van der Waals surface area contributed by atoms with E-state index in [4.69, 9.17) is 5.11 Å². The molecule has 0 radical (unpaired) electrons. The van der Waals surface area contributed by atoms with Gasteiger partial charge in [-0.1, -0.05) is 12.1 Å². The maximum atomic E-state index is 12.4. The number of aliphatic carboxylic acids is 1. The number of hydrogen-bond donors (Lipinski definition) is 1. The van der Waals surface area contributed by atoms with Crippen LogP contribution in [0.2, 0.25) is 0 Å². The van der Waals surface area contributed by atoms with E-state index in [-0.39, 0.29) is 4.91 Å². The van der Waals surface area contributed by atoms with Crippen molar-refractivity contribution in [2.45, 2.75) is 6.18 Å². The molecule has 1 N–H and O–H groups in total. The van der Waals surface area contributed by atoms with Gasteiger partial charge < -0.3 is 5.11 Å². The number of amides is 2. The summed E-state index contributed by atoms with van der Waals surface area (Å²) in [5.74, 6) is -2.12. The number of imide groups is 1. The monoisotopic (exact) mass is 331 g/mol. The van der Waals surface area contributed by atoms with E-state index >= 15 is 0 Å². The number of carboxylic acid groups (broad SMARTS) is 1. The van der Waals surface area contributed by atoms with Gasteiger partial charge in [0, 0.05) is 0 Å². The molecular formula is C13H8F3NO4S. The number of nitrogens with zero attached hydrogens (tertiary/aromatic N) is 1. The first-order valence-corrected chi connectivity index (χ1v) is 6.64. The van der Waals surface area contributed by atoms with Gasteiger partial charge in [-0.2, -0.15) is 13.2 Å². The van der Waals surface area contributed by atoms with Gasteiger partial charge in [-0.25, -0.2) is 0 Å². The summed E-state index contributed by atoms with van der Waals surface area (Å²) in [6.45, 7) is -0.755. The Morgan fingerprint density at radius 1 is 1.23 bits per heavy atom. The molecule has 1 heterocycles. The average molecular weight is 331 g/mol. The lowest BCUT2D eigenvalue weighted by molar-refractivity contribution is -0.140. The molecule has 2 amide bonds. The summed E-state index contributed by atoms with van der Waals surface area (Å²) in [5.41, 5.74) is -0.530. The Bertz CT molecular complexity index is 667. The normalized spacial score (nSPS) is 17.4. The Balaban J connectivity index is 2.22. The van der Waals surface area contributed by atoms with Crippen molar-refractivity contribution in [3.63, 3.8) is 0 Å². The first-order valence-electron chi connectivity index (χ1n) is 5.83. The number of carbonyl (C=O) groups excluding carboxylic acids is 2. The van der Waals surface area contributed by atoms with Crippen molar-refractivity contribution in [1.82, 2.24) is 4.90 Å². The Morgan fingerprint density at radius 2 is 1.82 bits per heavy atom. The van der Waals surface area contributed by atoms with Gasteiger partial charge in [-0.15, -0.1) is 0 Å². The van der Waals surface area contributed by atoms with Crippen LogP contribution < -0.4 is 0 Å². The van der Waals surface area contributed by atoms with Crippen LogP contribution in [0.1, 0.15) is 11.1 Å². The van der Waals surface area contributed by atoms with E-state index in [2.05, 4.69) is 0 Å². The van der Waals surface area contributed by atoms with Crippen LogP contribution in [-0.2, 0) is 15.8 Å². The second-order valence-corrected chi connectivity index (χ2v) is 5.27. The molecule has 1 aliphatic rings. The minimum Gasteiger partial charge on any atom is -0.480 e.